The summed E-state index contributed by atoms with van der Waals surface area (Å²) in [6.07, 6.45) is -5.55. The molecule has 1 aliphatic rings. The van der Waals surface area contributed by atoms with Crippen molar-refractivity contribution in [2.75, 3.05) is 4.90 Å². The lowest BCUT2D eigenvalue weighted by atomic mass is 10.1. The SMILES string of the molecule is O=C1NC(NS(=O)(=O)c2ccc(Cl)cc2)(C(F)(F)F)C(=O)N1c1ccc(F)cc1. The van der Waals surface area contributed by atoms with Gasteiger partial charge in [-0.25, -0.2) is 22.5 Å². The number of alkyl halides is 3. The molecular weight excluding hydrogens is 442 g/mol. The predicted molar refractivity (Wildman–Crippen MR) is 93.0 cm³/mol. The summed E-state index contributed by atoms with van der Waals surface area (Å²) in [4.78, 5) is 24.2. The Morgan fingerprint density at radius 1 is 1.00 bits per heavy atom. The van der Waals surface area contributed by atoms with Crippen molar-refractivity contribution in [2.45, 2.75) is 16.7 Å². The molecule has 0 aromatic heterocycles. The Balaban J connectivity index is 2.06. The minimum atomic E-state index is -5.55. The molecule has 2 N–H and O–H groups in total. The lowest BCUT2D eigenvalue weighted by Gasteiger charge is -2.29. The van der Waals surface area contributed by atoms with Crippen LogP contribution < -0.4 is 14.9 Å². The first kappa shape index (κ1) is 21.0. The molecule has 3 amide bonds. The number of halogens is 5. The summed E-state index contributed by atoms with van der Waals surface area (Å²) in [5, 5.41) is 1.49. The van der Waals surface area contributed by atoms with Gasteiger partial charge in [-0.2, -0.15) is 17.9 Å². The molecule has 2 aromatic rings. The van der Waals surface area contributed by atoms with E-state index in [2.05, 4.69) is 0 Å². The molecule has 0 radical (unpaired) electrons. The summed E-state index contributed by atoms with van der Waals surface area (Å²) in [5.41, 5.74) is -4.34. The normalized spacial score (nSPS) is 20.1. The van der Waals surface area contributed by atoms with E-state index in [0.29, 0.717) is 0 Å². The van der Waals surface area contributed by atoms with Gasteiger partial charge in [-0.3, -0.25) is 4.79 Å². The summed E-state index contributed by atoms with van der Waals surface area (Å²) < 4.78 is 80.7. The zero-order valence-corrected chi connectivity index (χ0v) is 15.6. The molecule has 1 aliphatic heterocycles. The molecule has 2 aromatic carbocycles. The number of nitrogens with zero attached hydrogens (tertiary/aromatic N) is 1. The Bertz CT molecular complexity index is 1070. The van der Waals surface area contributed by atoms with Gasteiger partial charge >= 0.3 is 12.2 Å². The van der Waals surface area contributed by atoms with Gasteiger partial charge in [0.1, 0.15) is 5.82 Å². The van der Waals surface area contributed by atoms with Crippen molar-refractivity contribution in [1.29, 1.82) is 0 Å². The highest BCUT2D eigenvalue weighted by atomic mass is 35.5. The number of anilines is 1. The van der Waals surface area contributed by atoms with Crippen molar-refractivity contribution >= 4 is 39.2 Å². The van der Waals surface area contributed by atoms with Crippen LogP contribution in [-0.2, 0) is 14.8 Å². The molecule has 29 heavy (non-hydrogen) atoms. The zero-order valence-electron chi connectivity index (χ0n) is 14.0. The molecule has 0 spiro atoms. The minimum Gasteiger partial charge on any atom is -0.302 e. The second-order valence-corrected chi connectivity index (χ2v) is 7.97. The lowest BCUT2D eigenvalue weighted by Crippen LogP contribution is -2.69. The smallest absolute Gasteiger partial charge is 0.302 e. The summed E-state index contributed by atoms with van der Waals surface area (Å²) in [6.45, 7) is 0. The average molecular weight is 452 g/mol. The van der Waals surface area contributed by atoms with Crippen molar-refractivity contribution in [2.24, 2.45) is 0 Å². The highest BCUT2D eigenvalue weighted by Gasteiger charge is 2.69. The number of urea groups is 1. The summed E-state index contributed by atoms with van der Waals surface area (Å²) >= 11 is 5.63. The van der Waals surface area contributed by atoms with Crippen molar-refractivity contribution in [3.63, 3.8) is 0 Å². The topological polar surface area (TPSA) is 95.6 Å². The first-order valence-electron chi connectivity index (χ1n) is 7.66. The highest BCUT2D eigenvalue weighted by Crippen LogP contribution is 2.37. The number of imide groups is 1. The third-order valence-corrected chi connectivity index (χ3v) is 5.66. The maximum absolute atomic E-state index is 13.8. The quantitative estimate of drug-likeness (QED) is 0.552. The van der Waals surface area contributed by atoms with E-state index in [0.717, 1.165) is 48.5 Å². The fraction of sp³-hybridized carbons (Fsp3) is 0.125. The van der Waals surface area contributed by atoms with Crippen LogP contribution in [0.4, 0.5) is 28.0 Å². The zero-order chi connectivity index (χ0) is 21.6. The molecule has 1 atom stereocenters. The van der Waals surface area contributed by atoms with Gasteiger partial charge in [-0.15, -0.1) is 0 Å². The van der Waals surface area contributed by atoms with Gasteiger partial charge in [0.15, 0.2) is 0 Å². The van der Waals surface area contributed by atoms with Crippen LogP contribution in [0.25, 0.3) is 0 Å². The number of amides is 3. The maximum Gasteiger partial charge on any atom is 0.435 e. The van der Waals surface area contributed by atoms with E-state index < -0.39 is 44.5 Å². The number of hydrogen-bond donors (Lipinski definition) is 2. The predicted octanol–water partition coefficient (Wildman–Crippen LogP) is 2.77. The number of nitrogens with one attached hydrogen (secondary N) is 2. The minimum absolute atomic E-state index is 0.0668. The summed E-state index contributed by atoms with van der Waals surface area (Å²) in [5.74, 6) is -2.70. The van der Waals surface area contributed by atoms with E-state index in [1.807, 2.05) is 0 Å². The van der Waals surface area contributed by atoms with Gasteiger partial charge < -0.3 is 5.32 Å². The van der Waals surface area contributed by atoms with E-state index in [1.54, 1.807) is 0 Å². The molecule has 0 saturated carbocycles. The summed E-state index contributed by atoms with van der Waals surface area (Å²) in [6, 6.07) is 5.98. The molecular formula is C16H10ClF4N3O4S. The molecule has 0 aliphatic carbocycles. The van der Waals surface area contributed by atoms with Crippen molar-refractivity contribution < 1.29 is 35.6 Å². The Hall–Kier alpha value is -2.70. The van der Waals surface area contributed by atoms with Gasteiger partial charge in [-0.05, 0) is 48.5 Å². The Labute approximate surface area is 166 Å². The Morgan fingerprint density at radius 2 is 1.55 bits per heavy atom. The van der Waals surface area contributed by atoms with E-state index in [4.69, 9.17) is 11.6 Å². The third-order valence-electron chi connectivity index (χ3n) is 3.94. The monoisotopic (exact) mass is 451 g/mol. The van der Waals surface area contributed by atoms with Crippen LogP contribution in [-0.4, -0.2) is 32.2 Å². The molecule has 154 valence electrons. The van der Waals surface area contributed by atoms with Gasteiger partial charge in [0.05, 0.1) is 10.6 Å². The van der Waals surface area contributed by atoms with Crippen LogP contribution in [0, 0.1) is 5.82 Å². The first-order chi connectivity index (χ1) is 13.4. The molecule has 13 heteroatoms. The van der Waals surface area contributed by atoms with Gasteiger partial charge in [0.25, 0.3) is 11.6 Å². The highest BCUT2D eigenvalue weighted by molar-refractivity contribution is 7.89. The third kappa shape index (κ3) is 3.66. The fourth-order valence-electron chi connectivity index (χ4n) is 2.55. The van der Waals surface area contributed by atoms with Crippen LogP contribution in [0.5, 0.6) is 0 Å². The standard InChI is InChI=1S/C16H10ClF4N3O4S/c17-9-1-7-12(8-2-9)29(27,28)23-15(16(19,20)21)13(25)24(14(26)22-15)11-5-3-10(18)4-6-11/h1-8,23H,(H,22,26). The second-order valence-electron chi connectivity index (χ2n) is 5.85. The molecule has 7 nitrogen and oxygen atoms in total. The number of benzene rings is 2. The molecule has 1 saturated heterocycles. The second kappa shape index (κ2) is 6.97. The van der Waals surface area contributed by atoms with Crippen molar-refractivity contribution in [1.82, 2.24) is 10.0 Å². The van der Waals surface area contributed by atoms with Crippen molar-refractivity contribution in [3.8, 4) is 0 Å². The first-order valence-corrected chi connectivity index (χ1v) is 9.52. The number of carbonyl (C=O) groups excluding carboxylic acids is 2. The maximum atomic E-state index is 13.8. The largest absolute Gasteiger partial charge is 0.435 e. The van der Waals surface area contributed by atoms with Crippen molar-refractivity contribution in [3.05, 3.63) is 59.4 Å². The van der Waals surface area contributed by atoms with Crippen LogP contribution in [0.1, 0.15) is 0 Å². The number of sulfonamides is 1. The van der Waals surface area contributed by atoms with E-state index in [1.165, 1.54) is 10.0 Å². The Kier molecular flexibility index (Phi) is 5.05. The molecule has 0 bridgehead atoms. The van der Waals surface area contributed by atoms with Gasteiger partial charge in [0, 0.05) is 5.02 Å². The average Bonchev–Trinajstić information content (AvgIpc) is 2.87. The van der Waals surface area contributed by atoms with E-state index in [-0.39, 0.29) is 15.6 Å². The fourth-order valence-corrected chi connectivity index (χ4v) is 3.94. The lowest BCUT2D eigenvalue weighted by molar-refractivity contribution is -0.194. The Morgan fingerprint density at radius 3 is 2.07 bits per heavy atom. The number of rotatable bonds is 4. The van der Waals surface area contributed by atoms with Crippen LogP contribution in [0.3, 0.4) is 0 Å². The number of carbonyl (C=O) groups is 2. The molecule has 1 fully saturated rings. The molecule has 1 heterocycles. The van der Waals surface area contributed by atoms with Gasteiger partial charge in [0.2, 0.25) is 10.0 Å². The van der Waals surface area contributed by atoms with E-state index >= 15 is 0 Å². The van der Waals surface area contributed by atoms with Crippen LogP contribution in [0.15, 0.2) is 53.4 Å². The number of hydrogen-bond acceptors (Lipinski definition) is 4. The van der Waals surface area contributed by atoms with E-state index in [9.17, 15) is 35.6 Å². The van der Waals surface area contributed by atoms with Gasteiger partial charge in [-0.1, -0.05) is 11.6 Å². The van der Waals surface area contributed by atoms with Crippen LogP contribution in [0.2, 0.25) is 5.02 Å². The molecule has 3 rings (SSSR count). The van der Waals surface area contributed by atoms with Crippen LogP contribution >= 0.6 is 11.6 Å². The molecule has 1 unspecified atom stereocenters. The summed E-state index contributed by atoms with van der Waals surface area (Å²) in [7, 11) is -4.92.